The molecule has 0 amide bonds. The first-order valence-corrected chi connectivity index (χ1v) is 4.94. The molecule has 0 bridgehead atoms. The Bertz CT molecular complexity index is 583. The van der Waals surface area contributed by atoms with Crippen molar-refractivity contribution in [1.82, 2.24) is 5.16 Å². The average Bonchev–Trinajstić information content (AvgIpc) is 2.79. The van der Waals surface area contributed by atoms with Crippen LogP contribution in [0.5, 0.6) is 0 Å². The second kappa shape index (κ2) is 4.82. The zero-order valence-electron chi connectivity index (χ0n) is 8.98. The van der Waals surface area contributed by atoms with Gasteiger partial charge >= 0.3 is 5.97 Å². The smallest absolute Gasteiger partial charge is 0.358 e. The van der Waals surface area contributed by atoms with Gasteiger partial charge in [-0.1, -0.05) is 5.16 Å². The van der Waals surface area contributed by atoms with Crippen molar-refractivity contribution in [3.8, 4) is 0 Å². The average molecular weight is 254 g/mol. The maximum atomic E-state index is 13.2. The Kier molecular flexibility index (Phi) is 3.22. The first-order valence-electron chi connectivity index (χ1n) is 4.94. The molecule has 5 nitrogen and oxygen atoms in total. The minimum Gasteiger partial charge on any atom is -0.476 e. The van der Waals surface area contributed by atoms with Crippen molar-refractivity contribution in [2.24, 2.45) is 0 Å². The summed E-state index contributed by atoms with van der Waals surface area (Å²) in [6, 6.07) is 4.18. The lowest BCUT2D eigenvalue weighted by Crippen LogP contribution is -2.01. The fraction of sp³-hybridized carbons (Fsp3) is 0.0909. The molecule has 2 aromatic rings. The van der Waals surface area contributed by atoms with Crippen molar-refractivity contribution in [3.63, 3.8) is 0 Å². The van der Waals surface area contributed by atoms with Gasteiger partial charge in [0.15, 0.2) is 11.5 Å². The fourth-order valence-corrected chi connectivity index (χ4v) is 1.31. The van der Waals surface area contributed by atoms with Crippen molar-refractivity contribution in [1.29, 1.82) is 0 Å². The first kappa shape index (κ1) is 12.0. The van der Waals surface area contributed by atoms with E-state index in [1.54, 1.807) is 0 Å². The molecule has 1 aromatic carbocycles. The Morgan fingerprint density at radius 3 is 2.83 bits per heavy atom. The van der Waals surface area contributed by atoms with Crippen LogP contribution in [0.2, 0.25) is 0 Å². The molecule has 1 aromatic heterocycles. The molecule has 0 aliphatic carbocycles. The molecule has 1 heterocycles. The van der Waals surface area contributed by atoms with Crippen molar-refractivity contribution in [2.45, 2.75) is 6.54 Å². The van der Waals surface area contributed by atoms with Crippen molar-refractivity contribution < 1.29 is 23.2 Å². The fourth-order valence-electron chi connectivity index (χ4n) is 1.31. The maximum absolute atomic E-state index is 13.2. The third kappa shape index (κ3) is 2.62. The quantitative estimate of drug-likeness (QED) is 0.875. The molecule has 0 saturated carbocycles. The zero-order chi connectivity index (χ0) is 13.1. The lowest BCUT2D eigenvalue weighted by molar-refractivity contribution is 0.0685. The summed E-state index contributed by atoms with van der Waals surface area (Å²) in [7, 11) is 0. The number of halogens is 2. The number of hydrogen-bond donors (Lipinski definition) is 2. The van der Waals surface area contributed by atoms with E-state index in [1.165, 1.54) is 6.07 Å². The van der Waals surface area contributed by atoms with Crippen LogP contribution in [0.15, 0.2) is 28.8 Å². The molecule has 0 saturated heterocycles. The standard InChI is InChI=1S/C11H8F2N2O3/c12-6-1-2-8(13)9(3-6)14-5-7-4-10(11(16)17)15-18-7/h1-4,14H,5H2,(H,16,17). The van der Waals surface area contributed by atoms with Crippen molar-refractivity contribution in [2.75, 3.05) is 5.32 Å². The van der Waals surface area contributed by atoms with Crippen LogP contribution in [0.1, 0.15) is 16.2 Å². The van der Waals surface area contributed by atoms with Crippen LogP contribution in [0.25, 0.3) is 0 Å². The molecule has 2 rings (SSSR count). The number of anilines is 1. The van der Waals surface area contributed by atoms with E-state index in [2.05, 4.69) is 10.5 Å². The number of benzene rings is 1. The molecule has 18 heavy (non-hydrogen) atoms. The van der Waals surface area contributed by atoms with Gasteiger partial charge < -0.3 is 14.9 Å². The highest BCUT2D eigenvalue weighted by atomic mass is 19.1. The van der Waals surface area contributed by atoms with Crippen LogP contribution < -0.4 is 5.32 Å². The molecule has 0 fully saturated rings. The Hall–Kier alpha value is -2.44. The van der Waals surface area contributed by atoms with E-state index >= 15 is 0 Å². The maximum Gasteiger partial charge on any atom is 0.358 e. The summed E-state index contributed by atoms with van der Waals surface area (Å²) >= 11 is 0. The SMILES string of the molecule is O=C(O)c1cc(CNc2cc(F)ccc2F)on1. The second-order valence-corrected chi connectivity index (χ2v) is 3.46. The molecule has 2 N–H and O–H groups in total. The summed E-state index contributed by atoms with van der Waals surface area (Å²) in [6.07, 6.45) is 0. The minimum atomic E-state index is -1.22. The van der Waals surface area contributed by atoms with Gasteiger partial charge in [-0.2, -0.15) is 0 Å². The van der Waals surface area contributed by atoms with Crippen molar-refractivity contribution >= 4 is 11.7 Å². The van der Waals surface area contributed by atoms with Crippen LogP contribution in [0.4, 0.5) is 14.5 Å². The van der Waals surface area contributed by atoms with Gasteiger partial charge in [0.2, 0.25) is 0 Å². The van der Waals surface area contributed by atoms with Crippen LogP contribution in [-0.4, -0.2) is 16.2 Å². The minimum absolute atomic E-state index is 0.000648. The van der Waals surface area contributed by atoms with Gasteiger partial charge in [-0.15, -0.1) is 0 Å². The number of hydrogen-bond acceptors (Lipinski definition) is 4. The number of carboxylic acid groups (broad SMARTS) is 1. The summed E-state index contributed by atoms with van der Waals surface area (Å²) in [4.78, 5) is 10.5. The molecule has 0 radical (unpaired) electrons. The summed E-state index contributed by atoms with van der Waals surface area (Å²) in [5.74, 6) is -2.21. The van der Waals surface area contributed by atoms with E-state index in [1.807, 2.05) is 0 Å². The number of aromatic carboxylic acids is 1. The predicted octanol–water partition coefficient (Wildman–Crippen LogP) is 2.26. The normalized spacial score (nSPS) is 10.3. The molecule has 0 aliphatic heterocycles. The molecular weight excluding hydrogens is 246 g/mol. The largest absolute Gasteiger partial charge is 0.476 e. The van der Waals surface area contributed by atoms with E-state index in [0.29, 0.717) is 0 Å². The number of carbonyl (C=O) groups is 1. The third-order valence-electron chi connectivity index (χ3n) is 2.16. The molecular formula is C11H8F2N2O3. The zero-order valence-corrected chi connectivity index (χ0v) is 8.98. The first-order chi connectivity index (χ1) is 8.56. The van der Waals surface area contributed by atoms with Crippen LogP contribution in [-0.2, 0) is 6.54 Å². The van der Waals surface area contributed by atoms with Crippen LogP contribution in [0, 0.1) is 11.6 Å². The van der Waals surface area contributed by atoms with Gasteiger partial charge in [-0.3, -0.25) is 0 Å². The molecule has 0 unspecified atom stereocenters. The highest BCUT2D eigenvalue weighted by Crippen LogP contribution is 2.16. The lowest BCUT2D eigenvalue weighted by atomic mass is 10.3. The van der Waals surface area contributed by atoms with Crippen LogP contribution >= 0.6 is 0 Å². The lowest BCUT2D eigenvalue weighted by Gasteiger charge is -2.04. The molecule has 0 spiro atoms. The van der Waals surface area contributed by atoms with Crippen molar-refractivity contribution in [3.05, 3.63) is 47.4 Å². The Labute approximate surface area is 100 Å². The van der Waals surface area contributed by atoms with Gasteiger partial charge in [0, 0.05) is 6.07 Å². The number of nitrogens with zero attached hydrogens (tertiary/aromatic N) is 1. The Morgan fingerprint density at radius 1 is 1.39 bits per heavy atom. The van der Waals surface area contributed by atoms with Gasteiger partial charge in [-0.25, -0.2) is 13.6 Å². The Balaban J connectivity index is 2.06. The molecule has 0 atom stereocenters. The second-order valence-electron chi connectivity index (χ2n) is 3.46. The summed E-state index contributed by atoms with van der Waals surface area (Å²) < 4.78 is 30.8. The van der Waals surface area contributed by atoms with Gasteiger partial charge in [0.25, 0.3) is 0 Å². The summed E-state index contributed by atoms with van der Waals surface area (Å²) in [5, 5.41) is 14.5. The monoisotopic (exact) mass is 254 g/mol. The highest BCUT2D eigenvalue weighted by Gasteiger charge is 2.11. The van der Waals surface area contributed by atoms with E-state index in [9.17, 15) is 13.6 Å². The van der Waals surface area contributed by atoms with E-state index in [0.717, 1.165) is 18.2 Å². The third-order valence-corrected chi connectivity index (χ3v) is 2.16. The number of nitrogens with one attached hydrogen (secondary N) is 1. The van der Waals surface area contributed by atoms with E-state index < -0.39 is 17.6 Å². The van der Waals surface area contributed by atoms with Gasteiger partial charge in [-0.05, 0) is 18.2 Å². The van der Waals surface area contributed by atoms with E-state index in [4.69, 9.17) is 9.63 Å². The van der Waals surface area contributed by atoms with E-state index in [-0.39, 0.29) is 23.7 Å². The predicted molar refractivity (Wildman–Crippen MR) is 57.1 cm³/mol. The number of carboxylic acids is 1. The number of rotatable bonds is 4. The van der Waals surface area contributed by atoms with Crippen LogP contribution in [0.3, 0.4) is 0 Å². The summed E-state index contributed by atoms with van der Waals surface area (Å²) in [6.45, 7) is 0.000648. The molecule has 7 heteroatoms. The van der Waals surface area contributed by atoms with Gasteiger partial charge in [0.1, 0.15) is 11.6 Å². The summed E-state index contributed by atoms with van der Waals surface area (Å²) in [5.41, 5.74) is -0.283. The van der Waals surface area contributed by atoms with Gasteiger partial charge in [0.05, 0.1) is 12.2 Å². The molecule has 94 valence electrons. The Morgan fingerprint density at radius 2 is 2.17 bits per heavy atom. The highest BCUT2D eigenvalue weighted by molar-refractivity contribution is 5.85. The number of aromatic nitrogens is 1. The molecule has 0 aliphatic rings. The topological polar surface area (TPSA) is 75.4 Å².